The predicted molar refractivity (Wildman–Crippen MR) is 320 cm³/mol. The molecular formula is C67H129NO5. The summed E-state index contributed by atoms with van der Waals surface area (Å²) in [6.45, 7) is 4.92. The molecule has 0 bridgehead atoms. The highest BCUT2D eigenvalue weighted by atomic mass is 16.5. The second-order valence-corrected chi connectivity index (χ2v) is 22.8. The van der Waals surface area contributed by atoms with Gasteiger partial charge >= 0.3 is 5.97 Å². The van der Waals surface area contributed by atoms with Crippen molar-refractivity contribution in [1.82, 2.24) is 5.32 Å². The van der Waals surface area contributed by atoms with E-state index >= 15 is 0 Å². The van der Waals surface area contributed by atoms with Crippen molar-refractivity contribution in [3.8, 4) is 0 Å². The summed E-state index contributed by atoms with van der Waals surface area (Å²) in [6, 6.07) is -0.635. The van der Waals surface area contributed by atoms with E-state index in [1.54, 1.807) is 6.08 Å². The van der Waals surface area contributed by atoms with Crippen molar-refractivity contribution in [2.75, 3.05) is 13.2 Å². The summed E-state index contributed by atoms with van der Waals surface area (Å²) >= 11 is 0. The van der Waals surface area contributed by atoms with Crippen LogP contribution in [0.5, 0.6) is 0 Å². The molecule has 6 nitrogen and oxygen atoms in total. The first-order valence-corrected chi connectivity index (χ1v) is 33.1. The number of esters is 1. The Bertz CT molecular complexity index is 1140. The number of unbranched alkanes of at least 4 members (excludes halogenated alkanes) is 49. The maximum atomic E-state index is 12.5. The number of carbonyl (C=O) groups is 2. The van der Waals surface area contributed by atoms with Gasteiger partial charge in [0.05, 0.1) is 25.4 Å². The maximum Gasteiger partial charge on any atom is 0.305 e. The summed E-state index contributed by atoms with van der Waals surface area (Å²) in [5.74, 6) is -0.0658. The third kappa shape index (κ3) is 59.4. The van der Waals surface area contributed by atoms with E-state index in [4.69, 9.17) is 4.74 Å². The van der Waals surface area contributed by atoms with Gasteiger partial charge in [-0.25, -0.2) is 0 Å². The van der Waals surface area contributed by atoms with Gasteiger partial charge in [0.25, 0.3) is 0 Å². The first kappa shape index (κ1) is 71.3. The predicted octanol–water partition coefficient (Wildman–Crippen LogP) is 21.0. The molecule has 0 aromatic heterocycles. The maximum absolute atomic E-state index is 12.5. The normalized spacial score (nSPS) is 12.7. The summed E-state index contributed by atoms with van der Waals surface area (Å²) in [5.41, 5.74) is 0. The highest BCUT2D eigenvalue weighted by Gasteiger charge is 2.18. The average molecular weight is 1030 g/mol. The Morgan fingerprint density at radius 1 is 0.370 bits per heavy atom. The molecule has 0 fully saturated rings. The van der Waals surface area contributed by atoms with Gasteiger partial charge in [0.2, 0.25) is 5.91 Å². The number of nitrogens with one attached hydrogen (secondary N) is 1. The van der Waals surface area contributed by atoms with Crippen LogP contribution in [0.1, 0.15) is 367 Å². The SMILES string of the molecule is CCCCCCCCCCCCCCCCCCCCCCCC/C=C/C(O)C(CO)NC(=O)CCCCCCCCC/C=C\CCCCCCCCCCCOC(=O)CCCCCCCCCCCCCC. The second-order valence-electron chi connectivity index (χ2n) is 22.8. The van der Waals surface area contributed by atoms with Crippen LogP contribution in [-0.2, 0) is 14.3 Å². The molecular weight excluding hydrogens is 899 g/mol. The van der Waals surface area contributed by atoms with E-state index in [-0.39, 0.29) is 18.5 Å². The van der Waals surface area contributed by atoms with Crippen LogP contribution >= 0.6 is 0 Å². The van der Waals surface area contributed by atoms with Crippen LogP contribution in [0.3, 0.4) is 0 Å². The summed E-state index contributed by atoms with van der Waals surface area (Å²) in [7, 11) is 0. The summed E-state index contributed by atoms with van der Waals surface area (Å²) in [5, 5.41) is 23.2. The molecule has 0 saturated carbocycles. The molecule has 0 saturated heterocycles. The Labute approximate surface area is 456 Å². The molecule has 0 aliphatic heterocycles. The molecule has 0 heterocycles. The molecule has 0 aromatic carbocycles. The molecule has 2 unspecified atom stereocenters. The average Bonchev–Trinajstić information content (AvgIpc) is 3.39. The summed E-state index contributed by atoms with van der Waals surface area (Å²) in [6.07, 6.45) is 78.0. The zero-order chi connectivity index (χ0) is 52.9. The van der Waals surface area contributed by atoms with Gasteiger partial charge in [-0.05, 0) is 57.8 Å². The van der Waals surface area contributed by atoms with Crippen molar-refractivity contribution in [1.29, 1.82) is 0 Å². The van der Waals surface area contributed by atoms with Gasteiger partial charge in [0, 0.05) is 12.8 Å². The lowest BCUT2D eigenvalue weighted by Gasteiger charge is -2.20. The minimum atomic E-state index is -0.851. The number of aliphatic hydroxyl groups excluding tert-OH is 2. The molecule has 432 valence electrons. The van der Waals surface area contributed by atoms with Gasteiger partial charge in [-0.2, -0.15) is 0 Å². The Balaban J connectivity index is 3.46. The van der Waals surface area contributed by atoms with Gasteiger partial charge in [-0.1, -0.05) is 321 Å². The number of hydrogen-bond acceptors (Lipinski definition) is 5. The molecule has 0 radical (unpaired) electrons. The fourth-order valence-corrected chi connectivity index (χ4v) is 10.4. The van der Waals surface area contributed by atoms with E-state index in [1.165, 1.54) is 295 Å². The lowest BCUT2D eigenvalue weighted by molar-refractivity contribution is -0.143. The monoisotopic (exact) mass is 1030 g/mol. The number of carbonyl (C=O) groups excluding carboxylic acids is 2. The molecule has 1 amide bonds. The first-order valence-electron chi connectivity index (χ1n) is 33.1. The van der Waals surface area contributed by atoms with Gasteiger partial charge in [0.15, 0.2) is 0 Å². The number of ether oxygens (including phenoxy) is 1. The van der Waals surface area contributed by atoms with Gasteiger partial charge in [0.1, 0.15) is 0 Å². The van der Waals surface area contributed by atoms with Crippen molar-refractivity contribution < 1.29 is 24.5 Å². The standard InChI is InChI=1S/C67H129NO5/c1-3-5-7-9-11-13-15-17-18-19-20-21-22-23-24-27-30-33-36-39-43-47-51-55-59-65(70)64(63-69)68-66(71)60-56-52-48-44-40-37-34-31-28-25-26-29-32-35-38-42-46-50-54-58-62-73-67(72)61-57-53-49-45-41-16-14-12-10-8-6-4-2/h25,28,55,59,64-65,69-70H,3-24,26-27,29-54,56-58,60-63H2,1-2H3,(H,68,71)/b28-25-,59-55+. The number of hydrogen-bond donors (Lipinski definition) is 3. The topological polar surface area (TPSA) is 95.9 Å². The molecule has 0 aliphatic carbocycles. The zero-order valence-electron chi connectivity index (χ0n) is 49.4. The quantitative estimate of drug-likeness (QED) is 0.0320. The number of amides is 1. The molecule has 0 aromatic rings. The molecule has 0 rings (SSSR count). The van der Waals surface area contributed by atoms with Crippen molar-refractivity contribution in [3.05, 3.63) is 24.3 Å². The molecule has 6 heteroatoms. The van der Waals surface area contributed by atoms with Gasteiger partial charge < -0.3 is 20.3 Å². The molecule has 2 atom stereocenters. The highest BCUT2D eigenvalue weighted by Crippen LogP contribution is 2.18. The van der Waals surface area contributed by atoms with Crippen LogP contribution in [0.2, 0.25) is 0 Å². The summed E-state index contributed by atoms with van der Waals surface area (Å²) < 4.78 is 5.47. The van der Waals surface area contributed by atoms with Crippen LogP contribution < -0.4 is 5.32 Å². The van der Waals surface area contributed by atoms with Gasteiger partial charge in [-0.3, -0.25) is 9.59 Å². The van der Waals surface area contributed by atoms with E-state index in [9.17, 15) is 19.8 Å². The minimum Gasteiger partial charge on any atom is -0.466 e. The molecule has 3 N–H and O–H groups in total. The van der Waals surface area contributed by atoms with E-state index in [0.29, 0.717) is 19.4 Å². The second kappa shape index (κ2) is 62.9. The smallest absolute Gasteiger partial charge is 0.305 e. The zero-order valence-corrected chi connectivity index (χ0v) is 49.4. The van der Waals surface area contributed by atoms with Crippen LogP contribution in [-0.4, -0.2) is 47.4 Å². The Hall–Kier alpha value is -1.66. The lowest BCUT2D eigenvalue weighted by Crippen LogP contribution is -2.45. The van der Waals surface area contributed by atoms with E-state index < -0.39 is 12.1 Å². The Morgan fingerprint density at radius 3 is 0.973 bits per heavy atom. The Morgan fingerprint density at radius 2 is 0.644 bits per heavy atom. The first-order chi connectivity index (χ1) is 36.0. The number of aliphatic hydroxyl groups is 2. The van der Waals surface area contributed by atoms with Crippen LogP contribution in [0, 0.1) is 0 Å². The van der Waals surface area contributed by atoms with E-state index in [2.05, 4.69) is 31.3 Å². The van der Waals surface area contributed by atoms with E-state index in [1.807, 2.05) is 6.08 Å². The van der Waals surface area contributed by atoms with Crippen LogP contribution in [0.25, 0.3) is 0 Å². The van der Waals surface area contributed by atoms with Crippen molar-refractivity contribution >= 4 is 11.9 Å². The minimum absolute atomic E-state index is 0.00690. The van der Waals surface area contributed by atoms with E-state index in [0.717, 1.165) is 44.9 Å². The largest absolute Gasteiger partial charge is 0.466 e. The molecule has 0 aliphatic rings. The number of rotatable bonds is 62. The molecule has 0 spiro atoms. The van der Waals surface area contributed by atoms with Crippen LogP contribution in [0.4, 0.5) is 0 Å². The summed E-state index contributed by atoms with van der Waals surface area (Å²) in [4.78, 5) is 24.5. The fraction of sp³-hybridized carbons (Fsp3) is 0.910. The number of allylic oxidation sites excluding steroid dienone is 3. The van der Waals surface area contributed by atoms with Crippen LogP contribution in [0.15, 0.2) is 24.3 Å². The lowest BCUT2D eigenvalue weighted by atomic mass is 10.0. The van der Waals surface area contributed by atoms with Gasteiger partial charge in [-0.15, -0.1) is 0 Å². The fourth-order valence-electron chi connectivity index (χ4n) is 10.4. The Kier molecular flexibility index (Phi) is 61.4. The third-order valence-electron chi connectivity index (χ3n) is 15.5. The van der Waals surface area contributed by atoms with Crippen molar-refractivity contribution in [2.24, 2.45) is 0 Å². The highest BCUT2D eigenvalue weighted by molar-refractivity contribution is 5.76. The molecule has 73 heavy (non-hydrogen) atoms. The van der Waals surface area contributed by atoms with Crippen molar-refractivity contribution in [3.63, 3.8) is 0 Å². The van der Waals surface area contributed by atoms with Crippen molar-refractivity contribution in [2.45, 2.75) is 379 Å². The third-order valence-corrected chi connectivity index (χ3v) is 15.5.